The molecular formula is C16H26N2O2S. The van der Waals surface area contributed by atoms with Crippen LogP contribution in [0.15, 0.2) is 29.2 Å². The van der Waals surface area contributed by atoms with E-state index in [0.717, 1.165) is 37.9 Å². The lowest BCUT2D eigenvalue weighted by Crippen LogP contribution is -2.37. The van der Waals surface area contributed by atoms with E-state index in [4.69, 9.17) is 0 Å². The van der Waals surface area contributed by atoms with Crippen LogP contribution in [0.5, 0.6) is 0 Å². The Morgan fingerprint density at radius 2 is 1.81 bits per heavy atom. The molecule has 0 saturated carbocycles. The topological polar surface area (TPSA) is 49.4 Å². The first kappa shape index (κ1) is 16.5. The third-order valence-corrected chi connectivity index (χ3v) is 5.97. The molecule has 1 aliphatic heterocycles. The zero-order valence-corrected chi connectivity index (χ0v) is 13.8. The summed E-state index contributed by atoms with van der Waals surface area (Å²) < 4.78 is 26.8. The molecule has 0 unspecified atom stereocenters. The van der Waals surface area contributed by atoms with Crippen LogP contribution in [-0.4, -0.2) is 32.4 Å². The van der Waals surface area contributed by atoms with Crippen LogP contribution in [0.4, 0.5) is 0 Å². The summed E-state index contributed by atoms with van der Waals surface area (Å²) in [5.74, 6) is 0.628. The summed E-state index contributed by atoms with van der Waals surface area (Å²) in [6, 6.07) is 7.27. The molecule has 0 bridgehead atoms. The fourth-order valence-electron chi connectivity index (χ4n) is 2.56. The van der Waals surface area contributed by atoms with Gasteiger partial charge < -0.3 is 5.32 Å². The normalized spacial score (nSPS) is 18.0. The Labute approximate surface area is 128 Å². The van der Waals surface area contributed by atoms with Gasteiger partial charge in [0, 0.05) is 19.6 Å². The SMILES string of the molecule is CCCNCc1ccc(S(=O)(=O)N2CCC(C)CC2)cc1. The van der Waals surface area contributed by atoms with E-state index < -0.39 is 10.0 Å². The zero-order chi connectivity index (χ0) is 15.3. The molecule has 1 aliphatic rings. The lowest BCUT2D eigenvalue weighted by atomic mass is 10.0. The number of hydrogen-bond acceptors (Lipinski definition) is 3. The summed E-state index contributed by atoms with van der Waals surface area (Å²) in [6.07, 6.45) is 3.01. The van der Waals surface area contributed by atoms with Crippen molar-refractivity contribution in [3.63, 3.8) is 0 Å². The minimum atomic E-state index is -3.31. The van der Waals surface area contributed by atoms with E-state index in [1.165, 1.54) is 0 Å². The van der Waals surface area contributed by atoms with Gasteiger partial charge in [0.2, 0.25) is 10.0 Å². The Bertz CT molecular complexity index is 532. The predicted molar refractivity (Wildman–Crippen MR) is 85.6 cm³/mol. The lowest BCUT2D eigenvalue weighted by molar-refractivity contribution is 0.288. The Hall–Kier alpha value is -0.910. The van der Waals surface area contributed by atoms with Gasteiger partial charge in [0.05, 0.1) is 4.90 Å². The predicted octanol–water partition coefficient (Wildman–Crippen LogP) is 2.61. The first-order chi connectivity index (χ1) is 10.0. The highest BCUT2D eigenvalue weighted by Crippen LogP contribution is 2.23. The minimum Gasteiger partial charge on any atom is -0.313 e. The largest absolute Gasteiger partial charge is 0.313 e. The highest BCUT2D eigenvalue weighted by molar-refractivity contribution is 7.89. The monoisotopic (exact) mass is 310 g/mol. The van der Waals surface area contributed by atoms with Crippen LogP contribution >= 0.6 is 0 Å². The van der Waals surface area contributed by atoms with E-state index in [0.29, 0.717) is 23.9 Å². The van der Waals surface area contributed by atoms with Crippen molar-refractivity contribution in [1.82, 2.24) is 9.62 Å². The maximum Gasteiger partial charge on any atom is 0.243 e. The van der Waals surface area contributed by atoms with Crippen LogP contribution in [-0.2, 0) is 16.6 Å². The molecule has 0 spiro atoms. The molecule has 0 atom stereocenters. The minimum absolute atomic E-state index is 0.413. The van der Waals surface area contributed by atoms with Gasteiger partial charge in [0.1, 0.15) is 0 Å². The first-order valence-corrected chi connectivity index (χ1v) is 9.28. The van der Waals surface area contributed by atoms with Gasteiger partial charge in [-0.15, -0.1) is 0 Å². The smallest absolute Gasteiger partial charge is 0.243 e. The van der Waals surface area contributed by atoms with Gasteiger partial charge in [0.25, 0.3) is 0 Å². The van der Waals surface area contributed by atoms with E-state index >= 15 is 0 Å². The molecule has 1 heterocycles. The van der Waals surface area contributed by atoms with Gasteiger partial charge >= 0.3 is 0 Å². The van der Waals surface area contributed by atoms with Crippen LogP contribution in [0.3, 0.4) is 0 Å². The van der Waals surface area contributed by atoms with Gasteiger partial charge in [-0.3, -0.25) is 0 Å². The number of rotatable bonds is 6. The number of benzene rings is 1. The van der Waals surface area contributed by atoms with Gasteiger partial charge in [0.15, 0.2) is 0 Å². The van der Waals surface area contributed by atoms with Gasteiger partial charge in [-0.2, -0.15) is 4.31 Å². The van der Waals surface area contributed by atoms with Gasteiger partial charge in [-0.1, -0.05) is 26.0 Å². The van der Waals surface area contributed by atoms with E-state index in [2.05, 4.69) is 19.2 Å². The van der Waals surface area contributed by atoms with E-state index in [-0.39, 0.29) is 0 Å². The maximum absolute atomic E-state index is 12.6. The quantitative estimate of drug-likeness (QED) is 0.822. The number of nitrogens with zero attached hydrogens (tertiary/aromatic N) is 1. The lowest BCUT2D eigenvalue weighted by Gasteiger charge is -2.29. The van der Waals surface area contributed by atoms with Crippen molar-refractivity contribution in [1.29, 1.82) is 0 Å². The van der Waals surface area contributed by atoms with E-state index in [1.807, 2.05) is 12.1 Å². The first-order valence-electron chi connectivity index (χ1n) is 7.84. The number of piperidine rings is 1. The second-order valence-corrected chi connectivity index (χ2v) is 7.85. The molecule has 21 heavy (non-hydrogen) atoms. The van der Waals surface area contributed by atoms with Crippen molar-refractivity contribution in [2.75, 3.05) is 19.6 Å². The van der Waals surface area contributed by atoms with Crippen LogP contribution in [0.2, 0.25) is 0 Å². The third kappa shape index (κ3) is 4.28. The zero-order valence-electron chi connectivity index (χ0n) is 13.0. The second kappa shape index (κ2) is 7.38. The summed E-state index contributed by atoms with van der Waals surface area (Å²) in [4.78, 5) is 0.413. The summed E-state index contributed by atoms with van der Waals surface area (Å²) in [5, 5.41) is 3.32. The van der Waals surface area contributed by atoms with Crippen molar-refractivity contribution in [3.05, 3.63) is 29.8 Å². The second-order valence-electron chi connectivity index (χ2n) is 5.91. The number of hydrogen-bond donors (Lipinski definition) is 1. The fraction of sp³-hybridized carbons (Fsp3) is 0.625. The molecule has 1 N–H and O–H groups in total. The Kier molecular flexibility index (Phi) is 5.79. The average molecular weight is 310 g/mol. The third-order valence-electron chi connectivity index (χ3n) is 4.06. The summed E-state index contributed by atoms with van der Waals surface area (Å²) in [7, 11) is -3.31. The van der Waals surface area contributed by atoms with Gasteiger partial charge in [-0.05, 0) is 49.4 Å². The van der Waals surface area contributed by atoms with Crippen LogP contribution in [0.25, 0.3) is 0 Å². The molecule has 0 radical (unpaired) electrons. The molecule has 0 aliphatic carbocycles. The van der Waals surface area contributed by atoms with Crippen LogP contribution in [0.1, 0.15) is 38.7 Å². The van der Waals surface area contributed by atoms with Crippen LogP contribution in [0, 0.1) is 5.92 Å². The van der Waals surface area contributed by atoms with Crippen molar-refractivity contribution < 1.29 is 8.42 Å². The maximum atomic E-state index is 12.6. The average Bonchev–Trinajstić information content (AvgIpc) is 2.48. The highest BCUT2D eigenvalue weighted by Gasteiger charge is 2.27. The van der Waals surface area contributed by atoms with Crippen molar-refractivity contribution in [2.24, 2.45) is 5.92 Å². The van der Waals surface area contributed by atoms with Gasteiger partial charge in [-0.25, -0.2) is 8.42 Å². The molecule has 1 aromatic carbocycles. The van der Waals surface area contributed by atoms with Crippen molar-refractivity contribution in [2.45, 2.75) is 44.6 Å². The number of sulfonamides is 1. The Morgan fingerprint density at radius 3 is 2.38 bits per heavy atom. The summed E-state index contributed by atoms with van der Waals surface area (Å²) in [5.41, 5.74) is 1.12. The van der Waals surface area contributed by atoms with Crippen molar-refractivity contribution >= 4 is 10.0 Å². The van der Waals surface area contributed by atoms with E-state index in [9.17, 15) is 8.42 Å². The molecule has 2 rings (SSSR count). The molecule has 0 aromatic heterocycles. The standard InChI is InChI=1S/C16H26N2O2S/c1-3-10-17-13-15-4-6-16(7-5-15)21(19,20)18-11-8-14(2)9-12-18/h4-7,14,17H,3,8-13H2,1-2H3. The molecule has 1 fully saturated rings. The highest BCUT2D eigenvalue weighted by atomic mass is 32.2. The Balaban J connectivity index is 2.03. The molecule has 4 nitrogen and oxygen atoms in total. The van der Waals surface area contributed by atoms with Crippen molar-refractivity contribution in [3.8, 4) is 0 Å². The van der Waals surface area contributed by atoms with E-state index in [1.54, 1.807) is 16.4 Å². The fourth-order valence-corrected chi connectivity index (χ4v) is 4.03. The molecule has 1 saturated heterocycles. The molecule has 5 heteroatoms. The molecule has 0 amide bonds. The summed E-state index contributed by atoms with van der Waals surface area (Å²) >= 11 is 0. The summed E-state index contributed by atoms with van der Waals surface area (Å²) in [6.45, 7) is 7.36. The molecule has 1 aromatic rings. The molecule has 118 valence electrons. The number of nitrogens with one attached hydrogen (secondary N) is 1. The Morgan fingerprint density at radius 1 is 1.19 bits per heavy atom. The molecular weight excluding hydrogens is 284 g/mol. The van der Waals surface area contributed by atoms with Crippen LogP contribution < -0.4 is 5.32 Å².